The third-order valence-corrected chi connectivity index (χ3v) is 3.56. The van der Waals surface area contributed by atoms with E-state index < -0.39 is 23.5 Å². The van der Waals surface area contributed by atoms with Crippen molar-refractivity contribution in [3.8, 4) is 0 Å². The van der Waals surface area contributed by atoms with Gasteiger partial charge in [0, 0.05) is 5.56 Å². The van der Waals surface area contributed by atoms with Gasteiger partial charge in [-0.15, -0.1) is 0 Å². The molecule has 0 bridgehead atoms. The van der Waals surface area contributed by atoms with Crippen LogP contribution >= 0.6 is 11.6 Å². The maximum atomic E-state index is 14.0. The summed E-state index contributed by atoms with van der Waals surface area (Å²) in [5, 5.41) is 2.99. The van der Waals surface area contributed by atoms with Gasteiger partial charge in [-0.1, -0.05) is 30.7 Å². The molecule has 0 fully saturated rings. The molecule has 0 aliphatic heterocycles. The molecule has 2 aromatic carbocycles. The zero-order valence-electron chi connectivity index (χ0n) is 11.5. The van der Waals surface area contributed by atoms with Crippen molar-refractivity contribution in [3.63, 3.8) is 0 Å². The van der Waals surface area contributed by atoms with Crippen LogP contribution in [0.25, 0.3) is 0 Å². The Morgan fingerprint density at radius 3 is 2.52 bits per heavy atom. The highest BCUT2D eigenvalue weighted by Crippen LogP contribution is 2.31. The van der Waals surface area contributed by atoms with Crippen LogP contribution in [0.2, 0.25) is 5.02 Å². The zero-order chi connectivity index (χ0) is 15.4. The van der Waals surface area contributed by atoms with E-state index in [-0.39, 0.29) is 10.6 Å². The van der Waals surface area contributed by atoms with Gasteiger partial charge in [-0.25, -0.2) is 13.2 Å². The molecular weight excluding hydrogens is 299 g/mol. The van der Waals surface area contributed by atoms with Gasteiger partial charge in [0.05, 0.1) is 11.1 Å². The van der Waals surface area contributed by atoms with Crippen LogP contribution in [0.4, 0.5) is 13.2 Å². The Bertz CT molecular complexity index is 629. The summed E-state index contributed by atoms with van der Waals surface area (Å²) in [5.74, 6) is -1.71. The molecule has 1 unspecified atom stereocenters. The number of nitrogens with one attached hydrogen (secondary N) is 1. The molecule has 2 rings (SSSR count). The fourth-order valence-electron chi connectivity index (χ4n) is 2.16. The van der Waals surface area contributed by atoms with Gasteiger partial charge in [-0.05, 0) is 42.8 Å². The minimum Gasteiger partial charge on any atom is -0.306 e. The molecule has 2 aromatic rings. The van der Waals surface area contributed by atoms with Gasteiger partial charge in [0.1, 0.15) is 17.5 Å². The van der Waals surface area contributed by atoms with Crippen molar-refractivity contribution >= 4 is 11.6 Å². The summed E-state index contributed by atoms with van der Waals surface area (Å²) in [4.78, 5) is 0. The van der Waals surface area contributed by atoms with Crippen LogP contribution in [0.15, 0.2) is 36.4 Å². The molecule has 1 atom stereocenters. The van der Waals surface area contributed by atoms with Gasteiger partial charge < -0.3 is 5.32 Å². The third-order valence-electron chi connectivity index (χ3n) is 3.16. The smallest absolute Gasteiger partial charge is 0.142 e. The summed E-state index contributed by atoms with van der Waals surface area (Å²) >= 11 is 5.98. The molecular formula is C16H15ClF3N. The minimum absolute atomic E-state index is 0.0882. The van der Waals surface area contributed by atoms with Gasteiger partial charge in [-0.3, -0.25) is 0 Å². The lowest BCUT2D eigenvalue weighted by Gasteiger charge is -2.21. The van der Waals surface area contributed by atoms with E-state index in [1.807, 2.05) is 6.92 Å². The maximum absolute atomic E-state index is 14.0. The fraction of sp³-hybridized carbons (Fsp3) is 0.250. The number of hydrogen-bond acceptors (Lipinski definition) is 1. The third kappa shape index (κ3) is 3.57. The standard InChI is InChI=1S/C16H15ClF3N/c1-2-8-21-16(11-4-3-5-14(20)15(11)17)12-9-10(18)6-7-13(12)19/h3-7,9,16,21H,2,8H2,1H3. The lowest BCUT2D eigenvalue weighted by molar-refractivity contribution is 0.532. The van der Waals surface area contributed by atoms with Gasteiger partial charge in [-0.2, -0.15) is 0 Å². The quantitative estimate of drug-likeness (QED) is 0.832. The second kappa shape index (κ2) is 6.96. The average Bonchev–Trinajstić information content (AvgIpc) is 2.47. The van der Waals surface area contributed by atoms with Crippen LogP contribution < -0.4 is 5.32 Å². The van der Waals surface area contributed by atoms with E-state index in [9.17, 15) is 13.2 Å². The first-order valence-electron chi connectivity index (χ1n) is 6.66. The Balaban J connectivity index is 2.52. The van der Waals surface area contributed by atoms with Crippen molar-refractivity contribution in [2.45, 2.75) is 19.4 Å². The van der Waals surface area contributed by atoms with E-state index in [2.05, 4.69) is 5.32 Å². The number of rotatable bonds is 5. The Hall–Kier alpha value is -1.52. The highest BCUT2D eigenvalue weighted by Gasteiger charge is 2.21. The number of halogens is 4. The van der Waals surface area contributed by atoms with Gasteiger partial charge >= 0.3 is 0 Å². The summed E-state index contributed by atoms with van der Waals surface area (Å²) in [6.45, 7) is 2.51. The van der Waals surface area contributed by atoms with Crippen LogP contribution in [-0.4, -0.2) is 6.54 Å². The van der Waals surface area contributed by atoms with Crippen molar-refractivity contribution in [1.29, 1.82) is 0 Å². The van der Waals surface area contributed by atoms with Crippen molar-refractivity contribution in [1.82, 2.24) is 5.32 Å². The van der Waals surface area contributed by atoms with Crippen LogP contribution in [-0.2, 0) is 0 Å². The van der Waals surface area contributed by atoms with Crippen molar-refractivity contribution in [3.05, 3.63) is 70.0 Å². The van der Waals surface area contributed by atoms with Crippen LogP contribution in [0.1, 0.15) is 30.5 Å². The predicted octanol–water partition coefficient (Wildman–Crippen LogP) is 4.85. The Morgan fingerprint density at radius 1 is 1.05 bits per heavy atom. The zero-order valence-corrected chi connectivity index (χ0v) is 12.2. The second-order valence-corrected chi connectivity index (χ2v) is 5.07. The maximum Gasteiger partial charge on any atom is 0.142 e. The van der Waals surface area contributed by atoms with Crippen LogP contribution in [0, 0.1) is 17.5 Å². The number of hydrogen-bond donors (Lipinski definition) is 1. The minimum atomic E-state index is -0.705. The van der Waals surface area contributed by atoms with E-state index in [4.69, 9.17) is 11.6 Å². The molecule has 112 valence electrons. The molecule has 0 amide bonds. The van der Waals surface area contributed by atoms with E-state index in [0.717, 1.165) is 24.6 Å². The molecule has 1 N–H and O–H groups in total. The molecule has 0 saturated carbocycles. The molecule has 0 radical (unpaired) electrons. The SMILES string of the molecule is CCCNC(c1cc(F)ccc1F)c1cccc(F)c1Cl. The van der Waals surface area contributed by atoms with Crippen LogP contribution in [0.3, 0.4) is 0 Å². The molecule has 0 aliphatic rings. The molecule has 0 aromatic heterocycles. The predicted molar refractivity (Wildman–Crippen MR) is 77.9 cm³/mol. The largest absolute Gasteiger partial charge is 0.306 e. The lowest BCUT2D eigenvalue weighted by Crippen LogP contribution is -2.24. The van der Waals surface area contributed by atoms with Crippen molar-refractivity contribution in [2.75, 3.05) is 6.54 Å². The lowest BCUT2D eigenvalue weighted by atomic mass is 9.97. The molecule has 0 spiro atoms. The van der Waals surface area contributed by atoms with E-state index in [0.29, 0.717) is 12.1 Å². The Kier molecular flexibility index (Phi) is 5.26. The summed E-state index contributed by atoms with van der Waals surface area (Å²) in [6, 6.07) is 6.82. The van der Waals surface area contributed by atoms with E-state index in [1.54, 1.807) is 6.07 Å². The summed E-state index contributed by atoms with van der Waals surface area (Å²) < 4.78 is 41.1. The molecule has 0 aliphatic carbocycles. The van der Waals surface area contributed by atoms with Crippen LogP contribution in [0.5, 0.6) is 0 Å². The van der Waals surface area contributed by atoms with Crippen molar-refractivity contribution in [2.24, 2.45) is 0 Å². The van der Waals surface area contributed by atoms with Gasteiger partial charge in [0.25, 0.3) is 0 Å². The summed E-state index contributed by atoms with van der Waals surface area (Å²) in [6.07, 6.45) is 0.792. The highest BCUT2D eigenvalue weighted by atomic mass is 35.5. The van der Waals surface area contributed by atoms with Crippen molar-refractivity contribution < 1.29 is 13.2 Å². The molecule has 1 nitrogen and oxygen atoms in total. The topological polar surface area (TPSA) is 12.0 Å². The van der Waals surface area contributed by atoms with E-state index >= 15 is 0 Å². The van der Waals surface area contributed by atoms with E-state index in [1.165, 1.54) is 12.1 Å². The van der Waals surface area contributed by atoms with Gasteiger partial charge in [0.2, 0.25) is 0 Å². The first-order chi connectivity index (χ1) is 10.0. The fourth-order valence-corrected chi connectivity index (χ4v) is 2.39. The molecule has 5 heteroatoms. The Morgan fingerprint density at radius 2 is 1.81 bits per heavy atom. The summed E-state index contributed by atoms with van der Waals surface area (Å²) in [7, 11) is 0. The number of benzene rings is 2. The molecule has 0 heterocycles. The normalized spacial score (nSPS) is 12.4. The molecule has 21 heavy (non-hydrogen) atoms. The first-order valence-corrected chi connectivity index (χ1v) is 7.04. The molecule has 0 saturated heterocycles. The first kappa shape index (κ1) is 15.9. The van der Waals surface area contributed by atoms with Gasteiger partial charge in [0.15, 0.2) is 0 Å². The highest BCUT2D eigenvalue weighted by molar-refractivity contribution is 6.31. The second-order valence-electron chi connectivity index (χ2n) is 4.70. The average molecular weight is 314 g/mol. The monoisotopic (exact) mass is 313 g/mol. The summed E-state index contributed by atoms with van der Waals surface area (Å²) in [5.41, 5.74) is 0.491. The Labute approximate surface area is 126 Å².